The van der Waals surface area contributed by atoms with Crippen LogP contribution in [0.15, 0.2) is 0 Å². The van der Waals surface area contributed by atoms with E-state index in [0.29, 0.717) is 0 Å². The van der Waals surface area contributed by atoms with Crippen LogP contribution in [0.25, 0.3) is 0 Å². The van der Waals surface area contributed by atoms with Crippen LogP contribution in [-0.2, 0) is 23.7 Å². The number of nitrogens with zero attached hydrogens (tertiary/aromatic N) is 1. The number of amides is 2. The monoisotopic (exact) mass is 534 g/mol. The summed E-state index contributed by atoms with van der Waals surface area (Å²) in [6.45, 7) is -1.50. The lowest BCUT2D eigenvalue weighted by Crippen LogP contribution is -2.67. The van der Waals surface area contributed by atoms with Crippen LogP contribution in [0, 0.1) is 0 Å². The van der Waals surface area contributed by atoms with E-state index in [1.807, 2.05) is 0 Å². The molecule has 0 saturated carbocycles. The molecule has 0 bridgehead atoms. The standard InChI is InChI=1S/C19H35ClN2O13/c1-31-8-32-5-4-22(19(30)21-3-2-20)17-14(28)13(27)16(10(7-24)33-17)35-18-15(29)12(26)11(25)9(6-23)34-18/h9-18,23-29H,2-8H2,1H3,(H,21,30)/t9-,10-,11-,12+,13-,14-,15-,16-,17?,18-/m1/s1. The Morgan fingerprint density at radius 1 is 0.971 bits per heavy atom. The number of hydrogen-bond acceptors (Lipinski definition) is 13. The number of ether oxygens (including phenoxy) is 5. The van der Waals surface area contributed by atoms with E-state index in [2.05, 4.69) is 5.32 Å². The summed E-state index contributed by atoms with van der Waals surface area (Å²) in [7, 11) is 1.41. The van der Waals surface area contributed by atoms with Crippen molar-refractivity contribution >= 4 is 17.6 Å². The fourth-order valence-electron chi connectivity index (χ4n) is 3.73. The number of aliphatic hydroxyl groups excluding tert-OH is 7. The van der Waals surface area contributed by atoms with E-state index in [0.717, 1.165) is 4.90 Å². The Morgan fingerprint density at radius 3 is 2.26 bits per heavy atom. The van der Waals surface area contributed by atoms with Crippen molar-refractivity contribution in [2.24, 2.45) is 0 Å². The molecule has 16 heteroatoms. The Hall–Kier alpha value is -0.920. The molecule has 2 aliphatic heterocycles. The van der Waals surface area contributed by atoms with Crippen molar-refractivity contribution in [1.29, 1.82) is 0 Å². The SMILES string of the molecule is COCOCCN(C(=O)NCCCl)C1O[C@H](CO)[C@@H](O[C@H]2O[C@H](CO)[C@@H](O)[C@H](O)[C@H]2O)[C@H](O)[C@H]1O. The first-order chi connectivity index (χ1) is 16.7. The summed E-state index contributed by atoms with van der Waals surface area (Å²) in [4.78, 5) is 13.7. The maximum Gasteiger partial charge on any atom is 0.319 e. The third kappa shape index (κ3) is 7.54. The number of carbonyl (C=O) groups excluding carboxylic acids is 1. The van der Waals surface area contributed by atoms with Gasteiger partial charge in [0.1, 0.15) is 55.6 Å². The fraction of sp³-hybridized carbons (Fsp3) is 0.947. The lowest BCUT2D eigenvalue weighted by Gasteiger charge is -2.48. The van der Waals surface area contributed by atoms with Crippen molar-refractivity contribution in [1.82, 2.24) is 10.2 Å². The number of carbonyl (C=O) groups is 1. The van der Waals surface area contributed by atoms with E-state index < -0.39 is 80.6 Å². The van der Waals surface area contributed by atoms with E-state index in [1.54, 1.807) is 0 Å². The number of aliphatic hydroxyl groups is 7. The zero-order valence-corrected chi connectivity index (χ0v) is 19.9. The molecule has 0 aliphatic carbocycles. The zero-order chi connectivity index (χ0) is 26.1. The zero-order valence-electron chi connectivity index (χ0n) is 19.1. The molecule has 0 spiro atoms. The van der Waals surface area contributed by atoms with Gasteiger partial charge in [-0.1, -0.05) is 0 Å². The number of rotatable bonds is 12. The molecule has 35 heavy (non-hydrogen) atoms. The van der Waals surface area contributed by atoms with Crippen molar-refractivity contribution in [3.63, 3.8) is 0 Å². The van der Waals surface area contributed by atoms with Gasteiger partial charge >= 0.3 is 6.03 Å². The Labute approximate surface area is 206 Å². The summed E-state index contributed by atoms with van der Waals surface area (Å²) in [5, 5.41) is 73.4. The molecular formula is C19H35ClN2O13. The summed E-state index contributed by atoms with van der Waals surface area (Å²) >= 11 is 5.62. The largest absolute Gasteiger partial charge is 0.394 e. The molecule has 206 valence electrons. The Morgan fingerprint density at radius 2 is 1.66 bits per heavy atom. The molecule has 0 aromatic rings. The second-order valence-corrected chi connectivity index (χ2v) is 8.33. The van der Waals surface area contributed by atoms with Gasteiger partial charge in [0, 0.05) is 26.1 Å². The van der Waals surface area contributed by atoms with Crippen LogP contribution in [0.3, 0.4) is 0 Å². The quantitative estimate of drug-likeness (QED) is 0.0672. The smallest absolute Gasteiger partial charge is 0.319 e. The van der Waals surface area contributed by atoms with Gasteiger partial charge in [-0.15, -0.1) is 11.6 Å². The number of nitrogens with one attached hydrogen (secondary N) is 1. The van der Waals surface area contributed by atoms with Crippen LogP contribution in [0.4, 0.5) is 4.79 Å². The molecule has 15 nitrogen and oxygen atoms in total. The highest BCUT2D eigenvalue weighted by Gasteiger charge is 2.52. The third-order valence-corrected chi connectivity index (χ3v) is 5.78. The number of alkyl halides is 1. The summed E-state index contributed by atoms with van der Waals surface area (Å²) in [5.74, 6) is 0.116. The first-order valence-corrected chi connectivity index (χ1v) is 11.5. The number of hydrogen-bond donors (Lipinski definition) is 8. The summed E-state index contributed by atoms with van der Waals surface area (Å²) in [6, 6.07) is -0.687. The minimum atomic E-state index is -1.79. The molecule has 2 fully saturated rings. The van der Waals surface area contributed by atoms with Crippen molar-refractivity contribution in [2.75, 3.05) is 52.7 Å². The van der Waals surface area contributed by atoms with Crippen LogP contribution in [-0.4, -0.2) is 161 Å². The molecule has 2 aliphatic rings. The molecule has 0 aromatic carbocycles. The van der Waals surface area contributed by atoms with Crippen LogP contribution in [0.1, 0.15) is 0 Å². The van der Waals surface area contributed by atoms with Gasteiger partial charge in [0.05, 0.1) is 19.8 Å². The van der Waals surface area contributed by atoms with Crippen molar-refractivity contribution in [2.45, 2.75) is 61.3 Å². The highest BCUT2D eigenvalue weighted by atomic mass is 35.5. The van der Waals surface area contributed by atoms with E-state index >= 15 is 0 Å². The summed E-state index contributed by atoms with van der Waals surface area (Å²) in [5.41, 5.74) is 0. The average Bonchev–Trinajstić information content (AvgIpc) is 2.86. The van der Waals surface area contributed by atoms with E-state index in [4.69, 9.17) is 35.3 Å². The Bertz CT molecular complexity index is 634. The van der Waals surface area contributed by atoms with Gasteiger partial charge in [0.2, 0.25) is 0 Å². The molecule has 2 heterocycles. The maximum absolute atomic E-state index is 12.7. The predicted molar refractivity (Wildman–Crippen MR) is 115 cm³/mol. The molecule has 0 aromatic heterocycles. The molecule has 1 unspecified atom stereocenters. The van der Waals surface area contributed by atoms with Gasteiger partial charge in [-0.2, -0.15) is 0 Å². The van der Waals surface area contributed by atoms with Gasteiger partial charge < -0.3 is 64.7 Å². The molecule has 2 saturated heterocycles. The van der Waals surface area contributed by atoms with Gasteiger partial charge in [-0.05, 0) is 0 Å². The van der Waals surface area contributed by atoms with Crippen LogP contribution < -0.4 is 5.32 Å². The predicted octanol–water partition coefficient (Wildman–Crippen LogP) is -4.52. The minimum absolute atomic E-state index is 0.0145. The third-order valence-electron chi connectivity index (χ3n) is 5.60. The summed E-state index contributed by atoms with van der Waals surface area (Å²) in [6.07, 6.45) is -15.9. The Kier molecular flexibility index (Phi) is 12.8. The maximum atomic E-state index is 12.7. The van der Waals surface area contributed by atoms with Gasteiger partial charge in [-0.25, -0.2) is 4.79 Å². The van der Waals surface area contributed by atoms with E-state index in [9.17, 15) is 40.5 Å². The average molecular weight is 535 g/mol. The van der Waals surface area contributed by atoms with Gasteiger partial charge in [0.15, 0.2) is 12.5 Å². The highest BCUT2D eigenvalue weighted by Crippen LogP contribution is 2.30. The van der Waals surface area contributed by atoms with Crippen LogP contribution in [0.5, 0.6) is 0 Å². The molecule has 2 amide bonds. The number of urea groups is 1. The number of halogens is 1. The lowest BCUT2D eigenvalue weighted by atomic mass is 9.96. The van der Waals surface area contributed by atoms with Crippen LogP contribution in [0.2, 0.25) is 0 Å². The molecule has 8 N–H and O–H groups in total. The Balaban J connectivity index is 2.17. The van der Waals surface area contributed by atoms with Crippen molar-refractivity contribution in [3.05, 3.63) is 0 Å². The molecule has 10 atom stereocenters. The fourth-order valence-corrected chi connectivity index (χ4v) is 3.83. The first-order valence-electron chi connectivity index (χ1n) is 11.0. The molecule has 2 rings (SSSR count). The van der Waals surface area contributed by atoms with Gasteiger partial charge in [-0.3, -0.25) is 4.90 Å². The first kappa shape index (κ1) is 30.3. The van der Waals surface area contributed by atoms with Gasteiger partial charge in [0.25, 0.3) is 0 Å². The molecule has 0 radical (unpaired) electrons. The van der Waals surface area contributed by atoms with E-state index in [1.165, 1.54) is 7.11 Å². The number of methoxy groups -OCH3 is 1. The second-order valence-electron chi connectivity index (χ2n) is 7.96. The minimum Gasteiger partial charge on any atom is -0.394 e. The second kappa shape index (κ2) is 14.7. The van der Waals surface area contributed by atoms with Crippen molar-refractivity contribution < 1.29 is 64.2 Å². The van der Waals surface area contributed by atoms with Crippen LogP contribution >= 0.6 is 11.6 Å². The van der Waals surface area contributed by atoms with E-state index in [-0.39, 0.29) is 32.4 Å². The normalized spacial score (nSPS) is 37.7. The highest BCUT2D eigenvalue weighted by molar-refractivity contribution is 6.18. The topological polar surface area (TPSA) is 220 Å². The summed E-state index contributed by atoms with van der Waals surface area (Å²) < 4.78 is 26.5. The lowest BCUT2D eigenvalue weighted by molar-refractivity contribution is -0.347. The van der Waals surface area contributed by atoms with Crippen molar-refractivity contribution in [3.8, 4) is 0 Å². The molecular weight excluding hydrogens is 500 g/mol.